The van der Waals surface area contributed by atoms with Gasteiger partial charge in [0.25, 0.3) is 0 Å². The molecule has 2 rings (SSSR count). The number of fused-ring (bicyclic) bond motifs is 1. The van der Waals surface area contributed by atoms with E-state index >= 15 is 0 Å². The SMILES string of the molecule is CC(CNc1ccc2cc(Br)ccc2c1)C(N)=O. The summed E-state index contributed by atoms with van der Waals surface area (Å²) in [5.74, 6) is -0.460. The summed E-state index contributed by atoms with van der Waals surface area (Å²) in [6, 6.07) is 12.3. The second-order valence-corrected chi connectivity index (χ2v) is 5.31. The van der Waals surface area contributed by atoms with E-state index in [0.717, 1.165) is 15.5 Å². The van der Waals surface area contributed by atoms with Gasteiger partial charge in [0.2, 0.25) is 5.91 Å². The van der Waals surface area contributed by atoms with Gasteiger partial charge >= 0.3 is 0 Å². The number of nitrogens with two attached hydrogens (primary N) is 1. The molecule has 3 N–H and O–H groups in total. The molecule has 0 aliphatic rings. The van der Waals surface area contributed by atoms with Crippen LogP contribution in [0.1, 0.15) is 6.92 Å². The standard InChI is InChI=1S/C14H15BrN2O/c1-9(14(16)18)8-17-13-5-3-10-6-12(15)4-2-11(10)7-13/h2-7,9,17H,8H2,1H3,(H2,16,18). The lowest BCUT2D eigenvalue weighted by Gasteiger charge is -2.11. The van der Waals surface area contributed by atoms with Crippen LogP contribution in [0.4, 0.5) is 5.69 Å². The van der Waals surface area contributed by atoms with Gasteiger partial charge in [-0.3, -0.25) is 4.79 Å². The minimum Gasteiger partial charge on any atom is -0.384 e. The first kappa shape index (κ1) is 12.9. The summed E-state index contributed by atoms with van der Waals surface area (Å²) in [6.45, 7) is 2.37. The highest BCUT2D eigenvalue weighted by Gasteiger charge is 2.07. The van der Waals surface area contributed by atoms with Crippen LogP contribution >= 0.6 is 15.9 Å². The minimum atomic E-state index is -0.285. The first-order valence-corrected chi connectivity index (χ1v) is 6.58. The Morgan fingerprint density at radius 1 is 1.28 bits per heavy atom. The number of rotatable bonds is 4. The Labute approximate surface area is 114 Å². The van der Waals surface area contributed by atoms with Crippen molar-refractivity contribution in [2.75, 3.05) is 11.9 Å². The van der Waals surface area contributed by atoms with Crippen LogP contribution in [0.3, 0.4) is 0 Å². The van der Waals surface area contributed by atoms with Crippen molar-refractivity contribution < 1.29 is 4.79 Å². The number of carbonyl (C=O) groups is 1. The fourth-order valence-corrected chi connectivity index (χ4v) is 2.08. The first-order chi connectivity index (χ1) is 8.56. The van der Waals surface area contributed by atoms with Gasteiger partial charge in [-0.2, -0.15) is 0 Å². The van der Waals surface area contributed by atoms with Crippen molar-refractivity contribution in [3.63, 3.8) is 0 Å². The van der Waals surface area contributed by atoms with E-state index in [1.54, 1.807) is 0 Å². The van der Waals surface area contributed by atoms with Gasteiger partial charge in [-0.25, -0.2) is 0 Å². The van der Waals surface area contributed by atoms with Gasteiger partial charge in [0.1, 0.15) is 0 Å². The summed E-state index contributed by atoms with van der Waals surface area (Å²) >= 11 is 3.45. The van der Waals surface area contributed by atoms with Crippen molar-refractivity contribution in [2.24, 2.45) is 11.7 Å². The van der Waals surface area contributed by atoms with Gasteiger partial charge in [0, 0.05) is 16.7 Å². The van der Waals surface area contributed by atoms with E-state index in [1.165, 1.54) is 5.39 Å². The molecule has 1 amide bonds. The van der Waals surface area contributed by atoms with Crippen LogP contribution in [0.5, 0.6) is 0 Å². The summed E-state index contributed by atoms with van der Waals surface area (Å²) in [5.41, 5.74) is 6.22. The van der Waals surface area contributed by atoms with Crippen LogP contribution in [-0.2, 0) is 4.79 Å². The van der Waals surface area contributed by atoms with E-state index in [4.69, 9.17) is 5.73 Å². The van der Waals surface area contributed by atoms with E-state index in [2.05, 4.69) is 45.5 Å². The molecule has 0 heterocycles. The maximum atomic E-state index is 10.9. The monoisotopic (exact) mass is 306 g/mol. The number of anilines is 1. The third-order valence-corrected chi connectivity index (χ3v) is 3.39. The zero-order chi connectivity index (χ0) is 13.1. The summed E-state index contributed by atoms with van der Waals surface area (Å²) in [4.78, 5) is 10.9. The Bertz CT molecular complexity index is 583. The normalized spacial score (nSPS) is 12.3. The molecule has 0 radical (unpaired) electrons. The molecule has 18 heavy (non-hydrogen) atoms. The second-order valence-electron chi connectivity index (χ2n) is 4.39. The van der Waals surface area contributed by atoms with E-state index < -0.39 is 0 Å². The maximum absolute atomic E-state index is 10.9. The number of nitrogens with one attached hydrogen (secondary N) is 1. The summed E-state index contributed by atoms with van der Waals surface area (Å²) < 4.78 is 1.07. The highest BCUT2D eigenvalue weighted by molar-refractivity contribution is 9.10. The molecule has 4 heteroatoms. The van der Waals surface area contributed by atoms with Gasteiger partial charge in [-0.05, 0) is 35.0 Å². The number of benzene rings is 2. The summed E-state index contributed by atoms with van der Waals surface area (Å²) in [7, 11) is 0. The van der Waals surface area contributed by atoms with Crippen LogP contribution in [0, 0.1) is 5.92 Å². The first-order valence-electron chi connectivity index (χ1n) is 5.79. The Morgan fingerprint density at radius 3 is 2.67 bits per heavy atom. The topological polar surface area (TPSA) is 55.1 Å². The van der Waals surface area contributed by atoms with Crippen molar-refractivity contribution in [1.29, 1.82) is 0 Å². The number of amides is 1. The van der Waals surface area contributed by atoms with E-state index in [9.17, 15) is 4.79 Å². The fourth-order valence-electron chi connectivity index (χ4n) is 1.70. The molecule has 0 saturated carbocycles. The average molecular weight is 307 g/mol. The molecule has 0 fully saturated rings. The number of hydrogen-bond acceptors (Lipinski definition) is 2. The molecule has 3 nitrogen and oxygen atoms in total. The Balaban J connectivity index is 2.15. The highest BCUT2D eigenvalue weighted by Crippen LogP contribution is 2.23. The molecule has 0 spiro atoms. The van der Waals surface area contributed by atoms with E-state index in [-0.39, 0.29) is 11.8 Å². The zero-order valence-corrected chi connectivity index (χ0v) is 11.7. The lowest BCUT2D eigenvalue weighted by Crippen LogP contribution is -2.26. The van der Waals surface area contributed by atoms with Crippen molar-refractivity contribution in [3.8, 4) is 0 Å². The predicted molar refractivity (Wildman–Crippen MR) is 78.5 cm³/mol. The predicted octanol–water partition coefficient (Wildman–Crippen LogP) is 3.14. The van der Waals surface area contributed by atoms with Gasteiger partial charge in [0.05, 0.1) is 5.92 Å². The lowest BCUT2D eigenvalue weighted by atomic mass is 10.1. The van der Waals surface area contributed by atoms with Gasteiger partial charge in [0.15, 0.2) is 0 Å². The smallest absolute Gasteiger partial charge is 0.222 e. The van der Waals surface area contributed by atoms with Crippen LogP contribution in [0.2, 0.25) is 0 Å². The number of halogens is 1. The van der Waals surface area contributed by atoms with Crippen LogP contribution in [0.25, 0.3) is 10.8 Å². The molecule has 2 aromatic carbocycles. The molecule has 0 aromatic heterocycles. The second kappa shape index (κ2) is 5.40. The molecule has 1 unspecified atom stereocenters. The number of carbonyl (C=O) groups excluding carboxylic acids is 1. The van der Waals surface area contributed by atoms with Crippen LogP contribution in [-0.4, -0.2) is 12.5 Å². The van der Waals surface area contributed by atoms with Gasteiger partial charge in [-0.15, -0.1) is 0 Å². The van der Waals surface area contributed by atoms with Crippen molar-refractivity contribution in [3.05, 3.63) is 40.9 Å². The number of hydrogen-bond donors (Lipinski definition) is 2. The molecular weight excluding hydrogens is 292 g/mol. The Morgan fingerprint density at radius 2 is 1.94 bits per heavy atom. The van der Waals surface area contributed by atoms with E-state index in [1.807, 2.05) is 19.1 Å². The quantitative estimate of drug-likeness (QED) is 0.912. The molecular formula is C14H15BrN2O. The molecule has 0 saturated heterocycles. The van der Waals surface area contributed by atoms with Gasteiger partial charge < -0.3 is 11.1 Å². The zero-order valence-electron chi connectivity index (χ0n) is 10.1. The van der Waals surface area contributed by atoms with Crippen LogP contribution in [0.15, 0.2) is 40.9 Å². The van der Waals surface area contributed by atoms with E-state index in [0.29, 0.717) is 6.54 Å². The molecule has 94 valence electrons. The minimum absolute atomic E-state index is 0.175. The third-order valence-electron chi connectivity index (χ3n) is 2.90. The summed E-state index contributed by atoms with van der Waals surface area (Å²) in [6.07, 6.45) is 0. The highest BCUT2D eigenvalue weighted by atomic mass is 79.9. The van der Waals surface area contributed by atoms with Gasteiger partial charge in [-0.1, -0.05) is 35.0 Å². The Kier molecular flexibility index (Phi) is 3.87. The Hall–Kier alpha value is -1.55. The van der Waals surface area contributed by atoms with Crippen LogP contribution < -0.4 is 11.1 Å². The largest absolute Gasteiger partial charge is 0.384 e. The van der Waals surface area contributed by atoms with Crippen molar-refractivity contribution in [2.45, 2.75) is 6.92 Å². The fraction of sp³-hybridized carbons (Fsp3) is 0.214. The third kappa shape index (κ3) is 3.01. The lowest BCUT2D eigenvalue weighted by molar-refractivity contribution is -0.120. The van der Waals surface area contributed by atoms with Crippen molar-refractivity contribution in [1.82, 2.24) is 0 Å². The maximum Gasteiger partial charge on any atom is 0.222 e. The number of primary amides is 1. The molecule has 0 aliphatic heterocycles. The molecule has 0 bridgehead atoms. The van der Waals surface area contributed by atoms with Crippen molar-refractivity contribution >= 4 is 38.3 Å². The average Bonchev–Trinajstić information content (AvgIpc) is 2.35. The molecule has 0 aliphatic carbocycles. The molecule has 2 aromatic rings. The summed E-state index contributed by atoms with van der Waals surface area (Å²) in [5, 5.41) is 5.56. The molecule has 1 atom stereocenters.